The second kappa shape index (κ2) is 13.7. The van der Waals surface area contributed by atoms with E-state index in [1.165, 1.54) is 0 Å². The second-order valence-electron chi connectivity index (χ2n) is 13.1. The number of carbonyl (C=O) groups excluding carboxylic acids is 1. The van der Waals surface area contributed by atoms with Crippen LogP contribution in [0.25, 0.3) is 22.2 Å². The van der Waals surface area contributed by atoms with E-state index in [2.05, 4.69) is 30.4 Å². The van der Waals surface area contributed by atoms with Crippen LogP contribution in [0.1, 0.15) is 51.7 Å². The monoisotopic (exact) mass is 633 g/mol. The number of aromatic nitrogens is 3. The van der Waals surface area contributed by atoms with Crippen LogP contribution in [-0.2, 0) is 25.0 Å². The Morgan fingerprint density at radius 1 is 0.915 bits per heavy atom. The number of benzene rings is 3. The van der Waals surface area contributed by atoms with Crippen molar-refractivity contribution in [1.82, 2.24) is 19.7 Å². The Balaban J connectivity index is 1.21. The topological polar surface area (TPSA) is 90.7 Å². The SMILES string of the molecule is C[C@@H]1C[C@H](Nc2ccc3c(-c4ccc(OCc5ccccc5)nc4OCc4ccccc4)nn(C)c3c2)CCN1C(=O)OC(C)(C)C. The summed E-state index contributed by atoms with van der Waals surface area (Å²) in [6.45, 7) is 9.20. The first-order chi connectivity index (χ1) is 22.6. The third-order valence-electron chi connectivity index (χ3n) is 8.26. The van der Waals surface area contributed by atoms with Gasteiger partial charge in [0.15, 0.2) is 0 Å². The first-order valence-electron chi connectivity index (χ1n) is 16.2. The molecule has 3 aromatic carbocycles. The number of ether oxygens (including phenoxy) is 3. The molecule has 9 heteroatoms. The Labute approximate surface area is 276 Å². The van der Waals surface area contributed by atoms with Crippen LogP contribution in [0, 0.1) is 0 Å². The number of aryl methyl sites for hydroxylation is 1. The number of carbonyl (C=O) groups is 1. The maximum atomic E-state index is 12.7. The second-order valence-corrected chi connectivity index (χ2v) is 13.1. The van der Waals surface area contributed by atoms with Crippen molar-refractivity contribution in [3.05, 3.63) is 102 Å². The molecule has 0 saturated carbocycles. The van der Waals surface area contributed by atoms with Gasteiger partial charge in [-0.1, -0.05) is 60.7 Å². The Kier molecular flexibility index (Phi) is 9.33. The van der Waals surface area contributed by atoms with Gasteiger partial charge in [0.05, 0.1) is 11.1 Å². The molecule has 9 nitrogen and oxygen atoms in total. The van der Waals surface area contributed by atoms with Crippen molar-refractivity contribution in [1.29, 1.82) is 0 Å². The third-order valence-corrected chi connectivity index (χ3v) is 8.26. The molecule has 0 unspecified atom stereocenters. The van der Waals surface area contributed by atoms with E-state index in [1.54, 1.807) is 0 Å². The molecule has 0 radical (unpaired) electrons. The Hall–Kier alpha value is -5.05. The summed E-state index contributed by atoms with van der Waals surface area (Å²) in [6, 6.07) is 30.5. The number of amides is 1. The molecule has 244 valence electrons. The molecule has 47 heavy (non-hydrogen) atoms. The van der Waals surface area contributed by atoms with Crippen LogP contribution in [-0.4, -0.2) is 50.0 Å². The van der Waals surface area contributed by atoms with E-state index >= 15 is 0 Å². The number of hydrogen-bond donors (Lipinski definition) is 1. The van der Waals surface area contributed by atoms with Gasteiger partial charge in [-0.3, -0.25) is 4.68 Å². The number of nitrogens with one attached hydrogen (secondary N) is 1. The van der Waals surface area contributed by atoms with E-state index in [9.17, 15) is 4.79 Å². The number of likely N-dealkylation sites (tertiary alicyclic amines) is 1. The largest absolute Gasteiger partial charge is 0.473 e. The quantitative estimate of drug-likeness (QED) is 0.176. The van der Waals surface area contributed by atoms with E-state index in [1.807, 2.05) is 110 Å². The molecule has 1 aliphatic heterocycles. The molecule has 3 heterocycles. The van der Waals surface area contributed by atoms with Gasteiger partial charge in [-0.25, -0.2) is 4.79 Å². The standard InChI is InChI=1S/C38H43N5O4/c1-26-22-30(20-21-43(26)37(44)47-38(2,3)4)39-29-16-17-31-33(23-29)42(5)41-35(31)32-18-19-34(45-24-27-12-8-6-9-13-27)40-36(32)46-25-28-14-10-7-11-15-28/h6-19,23,26,30,39H,20-22,24-25H2,1-5H3/t26-,30-/m1/s1. The summed E-state index contributed by atoms with van der Waals surface area (Å²) in [5.74, 6) is 0.951. The van der Waals surface area contributed by atoms with Crippen LogP contribution < -0.4 is 14.8 Å². The lowest BCUT2D eigenvalue weighted by atomic mass is 9.98. The van der Waals surface area contributed by atoms with Gasteiger partial charge in [0.1, 0.15) is 24.5 Å². The van der Waals surface area contributed by atoms with Crippen molar-refractivity contribution < 1.29 is 19.0 Å². The van der Waals surface area contributed by atoms with Crippen LogP contribution in [0.5, 0.6) is 11.8 Å². The number of rotatable bonds is 9. The van der Waals surface area contributed by atoms with Gasteiger partial charge < -0.3 is 24.4 Å². The minimum Gasteiger partial charge on any atom is -0.473 e. The van der Waals surface area contributed by atoms with E-state index in [0.29, 0.717) is 31.5 Å². The summed E-state index contributed by atoms with van der Waals surface area (Å²) >= 11 is 0. The van der Waals surface area contributed by atoms with E-state index in [-0.39, 0.29) is 18.2 Å². The van der Waals surface area contributed by atoms with Gasteiger partial charge in [0.25, 0.3) is 0 Å². The highest BCUT2D eigenvalue weighted by Crippen LogP contribution is 2.36. The molecule has 1 saturated heterocycles. The van der Waals surface area contributed by atoms with E-state index < -0.39 is 5.60 Å². The average Bonchev–Trinajstić information content (AvgIpc) is 3.38. The fourth-order valence-electron chi connectivity index (χ4n) is 5.93. The number of piperidine rings is 1. The Morgan fingerprint density at radius 3 is 2.26 bits per heavy atom. The molecule has 2 aromatic heterocycles. The highest BCUT2D eigenvalue weighted by molar-refractivity contribution is 5.96. The number of pyridine rings is 1. The molecule has 1 fully saturated rings. The summed E-state index contributed by atoms with van der Waals surface area (Å²) < 4.78 is 19.9. The summed E-state index contributed by atoms with van der Waals surface area (Å²) in [5, 5.41) is 9.62. The van der Waals surface area contributed by atoms with Crippen molar-refractivity contribution in [2.75, 3.05) is 11.9 Å². The van der Waals surface area contributed by atoms with Gasteiger partial charge in [-0.05, 0) is 75.9 Å². The smallest absolute Gasteiger partial charge is 0.410 e. The number of fused-ring (bicyclic) bond motifs is 1. The fraction of sp³-hybridized carbons (Fsp3) is 0.342. The molecule has 1 N–H and O–H groups in total. The molecule has 0 bridgehead atoms. The summed E-state index contributed by atoms with van der Waals surface area (Å²) in [7, 11) is 1.95. The van der Waals surface area contributed by atoms with Crippen molar-refractivity contribution in [2.45, 2.75) is 71.4 Å². The highest BCUT2D eigenvalue weighted by Gasteiger charge is 2.32. The number of nitrogens with zero attached hydrogens (tertiary/aromatic N) is 4. The summed E-state index contributed by atoms with van der Waals surface area (Å²) in [4.78, 5) is 19.3. The third kappa shape index (κ3) is 7.85. The Bertz CT molecular complexity index is 1820. The van der Waals surface area contributed by atoms with Gasteiger partial charge in [-0.2, -0.15) is 10.1 Å². The minimum atomic E-state index is -0.508. The van der Waals surface area contributed by atoms with Crippen LogP contribution >= 0.6 is 0 Å². The predicted molar refractivity (Wildman–Crippen MR) is 185 cm³/mol. The lowest BCUT2D eigenvalue weighted by molar-refractivity contribution is 0.0112. The van der Waals surface area contributed by atoms with Gasteiger partial charge in [0, 0.05) is 42.8 Å². The zero-order valence-corrected chi connectivity index (χ0v) is 27.8. The molecule has 6 rings (SSSR count). The molecular formula is C38H43N5O4. The lowest BCUT2D eigenvalue weighted by Gasteiger charge is -2.38. The van der Waals surface area contributed by atoms with Crippen LogP contribution in [0.4, 0.5) is 10.5 Å². The molecule has 1 amide bonds. The predicted octanol–water partition coefficient (Wildman–Crippen LogP) is 7.99. The Morgan fingerprint density at radius 2 is 1.60 bits per heavy atom. The van der Waals surface area contributed by atoms with Gasteiger partial charge in [-0.15, -0.1) is 0 Å². The molecule has 2 atom stereocenters. The zero-order valence-electron chi connectivity index (χ0n) is 27.8. The molecule has 0 aliphatic carbocycles. The first kappa shape index (κ1) is 31.9. The summed E-state index contributed by atoms with van der Waals surface area (Å²) in [6.07, 6.45) is 1.43. The maximum Gasteiger partial charge on any atom is 0.410 e. The van der Waals surface area contributed by atoms with Crippen LogP contribution in [0.2, 0.25) is 0 Å². The first-order valence-corrected chi connectivity index (χ1v) is 16.2. The van der Waals surface area contributed by atoms with Crippen molar-refractivity contribution in [2.24, 2.45) is 7.05 Å². The van der Waals surface area contributed by atoms with Gasteiger partial charge >= 0.3 is 6.09 Å². The number of anilines is 1. The van der Waals surface area contributed by atoms with E-state index in [4.69, 9.17) is 24.3 Å². The van der Waals surface area contributed by atoms with Crippen molar-refractivity contribution in [3.8, 4) is 23.0 Å². The van der Waals surface area contributed by atoms with Crippen molar-refractivity contribution in [3.63, 3.8) is 0 Å². The highest BCUT2D eigenvalue weighted by atomic mass is 16.6. The molecule has 1 aliphatic rings. The zero-order chi connectivity index (χ0) is 33.0. The minimum absolute atomic E-state index is 0.0737. The maximum absolute atomic E-state index is 12.7. The lowest BCUT2D eigenvalue weighted by Crippen LogP contribution is -2.49. The number of hydrogen-bond acceptors (Lipinski definition) is 7. The van der Waals surface area contributed by atoms with Crippen LogP contribution in [0.3, 0.4) is 0 Å². The normalized spacial score (nSPS) is 16.6. The fourth-order valence-corrected chi connectivity index (χ4v) is 5.93. The van der Waals surface area contributed by atoms with Crippen molar-refractivity contribution >= 4 is 22.7 Å². The van der Waals surface area contributed by atoms with Crippen LogP contribution in [0.15, 0.2) is 91.0 Å². The molecule has 5 aromatic rings. The van der Waals surface area contributed by atoms with Gasteiger partial charge in [0.2, 0.25) is 11.8 Å². The molecular weight excluding hydrogens is 590 g/mol. The molecule has 0 spiro atoms. The average molecular weight is 634 g/mol. The summed E-state index contributed by atoms with van der Waals surface area (Å²) in [5.41, 5.74) is 5.19. The van der Waals surface area contributed by atoms with E-state index in [0.717, 1.165) is 51.8 Å².